The monoisotopic (exact) mass is 382 g/mol. The summed E-state index contributed by atoms with van der Waals surface area (Å²) >= 11 is 0. The van der Waals surface area contributed by atoms with Gasteiger partial charge in [0.1, 0.15) is 0 Å². The van der Waals surface area contributed by atoms with Crippen LogP contribution in [0.25, 0.3) is 0 Å². The van der Waals surface area contributed by atoms with E-state index in [9.17, 15) is 0 Å². The van der Waals surface area contributed by atoms with Gasteiger partial charge >= 0.3 is 0 Å². The first-order chi connectivity index (χ1) is 13.2. The van der Waals surface area contributed by atoms with E-state index in [0.717, 1.165) is 13.1 Å². The first-order valence-electron chi connectivity index (χ1n) is 10.4. The second-order valence-corrected chi connectivity index (χ2v) is 8.10. The zero-order valence-corrected chi connectivity index (χ0v) is 19.3. The number of rotatable bonds is 8. The summed E-state index contributed by atoms with van der Waals surface area (Å²) in [5, 5.41) is 7.15. The van der Waals surface area contributed by atoms with Crippen molar-refractivity contribution in [3.8, 4) is 0 Å². The van der Waals surface area contributed by atoms with Gasteiger partial charge in [0, 0.05) is 24.5 Å². The van der Waals surface area contributed by atoms with Gasteiger partial charge in [-0.3, -0.25) is 0 Å². The van der Waals surface area contributed by atoms with E-state index in [1.165, 1.54) is 61.4 Å². The van der Waals surface area contributed by atoms with Crippen LogP contribution in [-0.4, -0.2) is 26.3 Å². The largest absolute Gasteiger partial charge is 0.382 e. The van der Waals surface area contributed by atoms with Crippen LogP contribution >= 0.6 is 0 Å². The molecule has 2 aromatic rings. The van der Waals surface area contributed by atoms with Crippen LogP contribution in [-0.2, 0) is 4.74 Å². The number of nitrogens with one attached hydrogen (secondary N) is 2. The molecule has 0 saturated heterocycles. The second-order valence-electron chi connectivity index (χ2n) is 8.10. The third-order valence-electron chi connectivity index (χ3n) is 6.46. The predicted octanol–water partition coefficient (Wildman–Crippen LogP) is 6.00. The van der Waals surface area contributed by atoms with E-state index in [1.807, 2.05) is 0 Å². The zero-order valence-electron chi connectivity index (χ0n) is 19.3. The van der Waals surface area contributed by atoms with E-state index in [0.29, 0.717) is 13.2 Å². The smallest absolute Gasteiger partial charge is 0.0639 e. The van der Waals surface area contributed by atoms with Gasteiger partial charge in [0.25, 0.3) is 0 Å². The lowest BCUT2D eigenvalue weighted by Gasteiger charge is -2.20. The molecular weight excluding hydrogens is 344 g/mol. The lowest BCUT2D eigenvalue weighted by atomic mass is 9.93. The minimum absolute atomic E-state index is 0.706. The molecule has 0 bridgehead atoms. The van der Waals surface area contributed by atoms with Crippen LogP contribution in [0, 0.1) is 62.3 Å². The second kappa shape index (κ2) is 9.47. The molecule has 0 radical (unpaired) electrons. The fourth-order valence-corrected chi connectivity index (χ4v) is 3.85. The van der Waals surface area contributed by atoms with Gasteiger partial charge in [0.2, 0.25) is 0 Å². The van der Waals surface area contributed by atoms with Crippen LogP contribution in [0.1, 0.15) is 50.1 Å². The Bertz CT molecular complexity index is 797. The molecule has 154 valence electrons. The van der Waals surface area contributed by atoms with E-state index >= 15 is 0 Å². The molecule has 28 heavy (non-hydrogen) atoms. The fourth-order valence-electron chi connectivity index (χ4n) is 3.85. The zero-order chi connectivity index (χ0) is 21.0. The topological polar surface area (TPSA) is 33.3 Å². The molecule has 0 fully saturated rings. The lowest BCUT2D eigenvalue weighted by molar-refractivity contribution is 0.154. The van der Waals surface area contributed by atoms with Crippen molar-refractivity contribution in [3.05, 3.63) is 56.1 Å². The van der Waals surface area contributed by atoms with Crippen LogP contribution in [0.15, 0.2) is 6.07 Å². The quantitative estimate of drug-likeness (QED) is 0.549. The summed E-state index contributed by atoms with van der Waals surface area (Å²) in [5.41, 5.74) is 14.7. The van der Waals surface area contributed by atoms with Crippen molar-refractivity contribution in [1.82, 2.24) is 0 Å². The number of ether oxygens (including phenoxy) is 1. The maximum absolute atomic E-state index is 5.86. The summed E-state index contributed by atoms with van der Waals surface area (Å²) in [4.78, 5) is 0. The van der Waals surface area contributed by atoms with E-state index in [2.05, 4.69) is 79.0 Å². The average Bonchev–Trinajstić information content (AvgIpc) is 2.67. The van der Waals surface area contributed by atoms with E-state index in [-0.39, 0.29) is 0 Å². The molecule has 0 aliphatic carbocycles. The van der Waals surface area contributed by atoms with Crippen molar-refractivity contribution in [2.45, 2.75) is 62.3 Å². The van der Waals surface area contributed by atoms with Crippen molar-refractivity contribution in [2.24, 2.45) is 0 Å². The summed E-state index contributed by atoms with van der Waals surface area (Å²) in [5.74, 6) is 0. The standard InChI is InChI=1S/C25H38N2O/c1-15-14-16(2)18(4)24(17(15)3)26-10-12-28-13-11-27-25-22(8)20(6)19(5)21(7)23(25)9/h14,26-27H,10-13H2,1-9H3. The predicted molar refractivity (Wildman–Crippen MR) is 123 cm³/mol. The number of hydrogen-bond acceptors (Lipinski definition) is 3. The van der Waals surface area contributed by atoms with Crippen molar-refractivity contribution in [3.63, 3.8) is 0 Å². The molecular formula is C25H38N2O. The van der Waals surface area contributed by atoms with Gasteiger partial charge in [-0.2, -0.15) is 0 Å². The molecule has 0 aliphatic rings. The highest BCUT2D eigenvalue weighted by Crippen LogP contribution is 2.30. The highest BCUT2D eigenvalue weighted by molar-refractivity contribution is 5.64. The maximum atomic E-state index is 5.86. The van der Waals surface area contributed by atoms with E-state index < -0.39 is 0 Å². The lowest BCUT2D eigenvalue weighted by Crippen LogP contribution is -2.17. The van der Waals surface area contributed by atoms with Gasteiger partial charge in [-0.1, -0.05) is 6.07 Å². The minimum Gasteiger partial charge on any atom is -0.382 e. The molecule has 3 heteroatoms. The molecule has 0 saturated carbocycles. The van der Waals surface area contributed by atoms with Crippen LogP contribution in [0.2, 0.25) is 0 Å². The SMILES string of the molecule is Cc1cc(C)c(C)c(NCCOCCNc2c(C)c(C)c(C)c(C)c2C)c1C. The summed E-state index contributed by atoms with van der Waals surface area (Å²) in [6.07, 6.45) is 0. The van der Waals surface area contributed by atoms with Gasteiger partial charge < -0.3 is 15.4 Å². The van der Waals surface area contributed by atoms with Crippen molar-refractivity contribution in [1.29, 1.82) is 0 Å². The molecule has 2 N–H and O–H groups in total. The van der Waals surface area contributed by atoms with E-state index in [1.54, 1.807) is 0 Å². The maximum Gasteiger partial charge on any atom is 0.0639 e. The Hall–Kier alpha value is -2.00. The van der Waals surface area contributed by atoms with Crippen molar-refractivity contribution in [2.75, 3.05) is 36.9 Å². The molecule has 2 aromatic carbocycles. The van der Waals surface area contributed by atoms with Gasteiger partial charge in [-0.15, -0.1) is 0 Å². The highest BCUT2D eigenvalue weighted by Gasteiger charge is 2.11. The Balaban J connectivity index is 1.82. The first kappa shape index (κ1) is 22.3. The Kier molecular flexibility index (Phi) is 7.54. The summed E-state index contributed by atoms with van der Waals surface area (Å²) in [6, 6.07) is 2.26. The van der Waals surface area contributed by atoms with Gasteiger partial charge in [0.15, 0.2) is 0 Å². The third-order valence-corrected chi connectivity index (χ3v) is 6.46. The molecule has 0 aromatic heterocycles. The van der Waals surface area contributed by atoms with Crippen LogP contribution in [0.5, 0.6) is 0 Å². The first-order valence-corrected chi connectivity index (χ1v) is 10.4. The fraction of sp³-hybridized carbons (Fsp3) is 0.520. The summed E-state index contributed by atoms with van der Waals surface area (Å²) < 4.78 is 5.86. The van der Waals surface area contributed by atoms with Crippen molar-refractivity contribution < 1.29 is 4.74 Å². The molecule has 0 unspecified atom stereocenters. The number of hydrogen-bond donors (Lipinski definition) is 2. The van der Waals surface area contributed by atoms with Crippen molar-refractivity contribution >= 4 is 11.4 Å². The van der Waals surface area contributed by atoms with Crippen LogP contribution in [0.4, 0.5) is 11.4 Å². The molecule has 0 heterocycles. The van der Waals surface area contributed by atoms with Gasteiger partial charge in [-0.05, 0) is 112 Å². The molecule has 0 atom stereocenters. The van der Waals surface area contributed by atoms with Gasteiger partial charge in [0.05, 0.1) is 13.2 Å². The Labute approximate surface area is 171 Å². The third kappa shape index (κ3) is 4.70. The Morgan fingerprint density at radius 2 is 0.893 bits per heavy atom. The van der Waals surface area contributed by atoms with Crippen LogP contribution in [0.3, 0.4) is 0 Å². The molecule has 0 amide bonds. The highest BCUT2D eigenvalue weighted by atomic mass is 16.5. The summed E-state index contributed by atoms with van der Waals surface area (Å²) in [7, 11) is 0. The minimum atomic E-state index is 0.706. The number of anilines is 2. The number of benzene rings is 2. The molecule has 3 nitrogen and oxygen atoms in total. The molecule has 0 aliphatic heterocycles. The Morgan fingerprint density at radius 3 is 1.32 bits per heavy atom. The van der Waals surface area contributed by atoms with E-state index in [4.69, 9.17) is 4.74 Å². The molecule has 2 rings (SSSR count). The van der Waals surface area contributed by atoms with Gasteiger partial charge in [-0.25, -0.2) is 0 Å². The molecule has 0 spiro atoms. The van der Waals surface area contributed by atoms with Crippen LogP contribution < -0.4 is 10.6 Å². The Morgan fingerprint density at radius 1 is 0.536 bits per heavy atom. The number of aryl methyl sites for hydroxylation is 2. The average molecular weight is 383 g/mol. The summed E-state index contributed by atoms with van der Waals surface area (Å²) in [6.45, 7) is 22.8. The normalized spacial score (nSPS) is 11.0.